The first-order valence-electron chi connectivity index (χ1n) is 6.52. The van der Waals surface area contributed by atoms with Gasteiger partial charge < -0.3 is 4.57 Å². The molecule has 2 aromatic rings. The molecule has 5 heteroatoms. The first-order valence-corrected chi connectivity index (χ1v) is 7.75. The summed E-state index contributed by atoms with van der Waals surface area (Å²) in [6.07, 6.45) is 3.83. The van der Waals surface area contributed by atoms with Crippen LogP contribution < -0.4 is 4.90 Å². The van der Waals surface area contributed by atoms with Gasteiger partial charge in [-0.3, -0.25) is 9.69 Å². The summed E-state index contributed by atoms with van der Waals surface area (Å²) in [5.74, 6) is -0.0601. The molecule has 0 N–H and O–H groups in total. The zero-order chi connectivity index (χ0) is 15.0. The molecule has 0 unspecified atom stereocenters. The summed E-state index contributed by atoms with van der Waals surface area (Å²) >= 11 is 6.70. The molecule has 3 rings (SSSR count). The van der Waals surface area contributed by atoms with Gasteiger partial charge in [0.15, 0.2) is 4.32 Å². The minimum atomic E-state index is -0.0601. The molecule has 1 aromatic carbocycles. The molecule has 1 saturated heterocycles. The van der Waals surface area contributed by atoms with Crippen molar-refractivity contribution < 1.29 is 4.79 Å². The van der Waals surface area contributed by atoms with Crippen molar-refractivity contribution in [3.63, 3.8) is 0 Å². The van der Waals surface area contributed by atoms with Crippen LogP contribution in [0, 0.1) is 6.92 Å². The van der Waals surface area contributed by atoms with Gasteiger partial charge in [-0.2, -0.15) is 0 Å². The number of anilines is 1. The van der Waals surface area contributed by atoms with Gasteiger partial charge in [-0.05, 0) is 37.3 Å². The van der Waals surface area contributed by atoms with Crippen molar-refractivity contribution >= 4 is 46.0 Å². The van der Waals surface area contributed by atoms with Crippen LogP contribution in [0.1, 0.15) is 11.3 Å². The van der Waals surface area contributed by atoms with E-state index in [2.05, 4.69) is 0 Å². The fourth-order valence-corrected chi connectivity index (χ4v) is 3.43. The minimum absolute atomic E-state index is 0.0601. The van der Waals surface area contributed by atoms with Gasteiger partial charge in [-0.25, -0.2) is 0 Å². The lowest BCUT2D eigenvalue weighted by molar-refractivity contribution is -0.113. The topological polar surface area (TPSA) is 25.2 Å². The Balaban J connectivity index is 1.94. The summed E-state index contributed by atoms with van der Waals surface area (Å²) in [4.78, 5) is 14.8. The van der Waals surface area contributed by atoms with Crippen LogP contribution in [0.3, 0.4) is 0 Å². The Hall–Kier alpha value is -1.85. The molecular weight excluding hydrogens is 300 g/mol. The first kappa shape index (κ1) is 14.1. The van der Waals surface area contributed by atoms with Crippen molar-refractivity contribution in [3.05, 3.63) is 58.8 Å². The molecule has 1 aliphatic heterocycles. The first-order chi connectivity index (χ1) is 10.1. The Labute approximate surface area is 133 Å². The number of thioether (sulfide) groups is 1. The average molecular weight is 314 g/mol. The van der Waals surface area contributed by atoms with Crippen molar-refractivity contribution in [2.24, 2.45) is 7.05 Å². The lowest BCUT2D eigenvalue weighted by atomic mass is 10.2. The van der Waals surface area contributed by atoms with Crippen LogP contribution >= 0.6 is 24.0 Å². The van der Waals surface area contributed by atoms with E-state index in [1.54, 1.807) is 4.90 Å². The number of thiocarbonyl (C=S) groups is 1. The Morgan fingerprint density at radius 2 is 1.90 bits per heavy atom. The predicted octanol–water partition coefficient (Wildman–Crippen LogP) is 3.74. The Kier molecular flexibility index (Phi) is 3.69. The van der Waals surface area contributed by atoms with Crippen molar-refractivity contribution in [2.75, 3.05) is 4.90 Å². The monoisotopic (exact) mass is 314 g/mol. The van der Waals surface area contributed by atoms with E-state index in [1.165, 1.54) is 11.8 Å². The van der Waals surface area contributed by atoms with E-state index < -0.39 is 0 Å². The minimum Gasteiger partial charge on any atom is -0.351 e. The number of aromatic nitrogens is 1. The summed E-state index contributed by atoms with van der Waals surface area (Å²) in [7, 11) is 1.95. The Morgan fingerprint density at radius 3 is 2.52 bits per heavy atom. The standard InChI is InChI=1S/C16H14N2OS2/c1-11-5-7-12(8-6-11)18-15(19)14(21-16(18)20)10-13-4-3-9-17(13)2/h3-10H,1-2H3/b14-10+. The molecule has 106 valence electrons. The van der Waals surface area contributed by atoms with Crippen LogP contribution in [0.2, 0.25) is 0 Å². The summed E-state index contributed by atoms with van der Waals surface area (Å²) in [5, 5.41) is 0. The number of nitrogens with zero attached hydrogens (tertiary/aromatic N) is 2. The maximum Gasteiger partial charge on any atom is 0.270 e. The molecule has 21 heavy (non-hydrogen) atoms. The molecule has 0 atom stereocenters. The van der Waals surface area contributed by atoms with Gasteiger partial charge >= 0.3 is 0 Å². The molecule has 0 radical (unpaired) electrons. The number of aryl methyl sites for hydroxylation is 2. The molecule has 1 amide bonds. The van der Waals surface area contributed by atoms with E-state index in [1.807, 2.05) is 67.2 Å². The van der Waals surface area contributed by atoms with Crippen LogP contribution in [0.4, 0.5) is 5.69 Å². The molecule has 0 bridgehead atoms. The number of benzene rings is 1. The van der Waals surface area contributed by atoms with Gasteiger partial charge in [0.1, 0.15) is 0 Å². The van der Waals surface area contributed by atoms with Crippen LogP contribution in [-0.2, 0) is 11.8 Å². The highest BCUT2D eigenvalue weighted by molar-refractivity contribution is 8.27. The van der Waals surface area contributed by atoms with E-state index in [0.29, 0.717) is 9.23 Å². The highest BCUT2D eigenvalue weighted by atomic mass is 32.2. The van der Waals surface area contributed by atoms with Gasteiger partial charge in [-0.1, -0.05) is 41.7 Å². The van der Waals surface area contributed by atoms with Gasteiger partial charge in [0.2, 0.25) is 0 Å². The lowest BCUT2D eigenvalue weighted by Crippen LogP contribution is -2.27. The fraction of sp³-hybridized carbons (Fsp3) is 0.125. The fourth-order valence-electron chi connectivity index (χ4n) is 2.14. The normalized spacial score (nSPS) is 17.0. The largest absolute Gasteiger partial charge is 0.351 e. The summed E-state index contributed by atoms with van der Waals surface area (Å²) in [6.45, 7) is 2.02. The van der Waals surface area contributed by atoms with Crippen molar-refractivity contribution in [2.45, 2.75) is 6.92 Å². The zero-order valence-electron chi connectivity index (χ0n) is 11.7. The van der Waals surface area contributed by atoms with Crippen molar-refractivity contribution in [3.8, 4) is 0 Å². The van der Waals surface area contributed by atoms with Gasteiger partial charge in [0.05, 0.1) is 10.6 Å². The molecular formula is C16H14N2OS2. The van der Waals surface area contributed by atoms with E-state index in [4.69, 9.17) is 12.2 Å². The highest BCUT2D eigenvalue weighted by Crippen LogP contribution is 2.35. The van der Waals surface area contributed by atoms with Crippen molar-refractivity contribution in [1.82, 2.24) is 4.57 Å². The maximum absolute atomic E-state index is 12.6. The van der Waals surface area contributed by atoms with Gasteiger partial charge in [0.25, 0.3) is 5.91 Å². The quantitative estimate of drug-likeness (QED) is 0.624. The SMILES string of the molecule is Cc1ccc(N2C(=O)/C(=C\c3cccn3C)SC2=S)cc1. The smallest absolute Gasteiger partial charge is 0.270 e. The number of hydrogen-bond donors (Lipinski definition) is 0. The van der Waals surface area contributed by atoms with Crippen LogP contribution in [-0.4, -0.2) is 14.8 Å². The summed E-state index contributed by atoms with van der Waals surface area (Å²) in [6, 6.07) is 11.7. The molecule has 3 nitrogen and oxygen atoms in total. The van der Waals surface area contributed by atoms with E-state index in [0.717, 1.165) is 16.9 Å². The number of amides is 1. The van der Waals surface area contributed by atoms with Crippen molar-refractivity contribution in [1.29, 1.82) is 0 Å². The van der Waals surface area contributed by atoms with Crippen LogP contribution in [0.25, 0.3) is 6.08 Å². The molecule has 1 fully saturated rings. The third-order valence-corrected chi connectivity index (χ3v) is 4.65. The van der Waals surface area contributed by atoms with E-state index in [-0.39, 0.29) is 5.91 Å². The zero-order valence-corrected chi connectivity index (χ0v) is 13.4. The molecule has 2 heterocycles. The number of carbonyl (C=O) groups excluding carboxylic acids is 1. The number of hydrogen-bond acceptors (Lipinski definition) is 3. The van der Waals surface area contributed by atoms with Gasteiger partial charge in [-0.15, -0.1) is 0 Å². The third-order valence-electron chi connectivity index (χ3n) is 3.35. The molecule has 1 aliphatic rings. The predicted molar refractivity (Wildman–Crippen MR) is 92.2 cm³/mol. The number of rotatable bonds is 2. The summed E-state index contributed by atoms with van der Waals surface area (Å²) in [5.41, 5.74) is 2.96. The third kappa shape index (κ3) is 2.66. The van der Waals surface area contributed by atoms with Crippen LogP contribution in [0.5, 0.6) is 0 Å². The second kappa shape index (κ2) is 5.50. The molecule has 0 aliphatic carbocycles. The van der Waals surface area contributed by atoms with Gasteiger partial charge in [0, 0.05) is 18.9 Å². The average Bonchev–Trinajstić information content (AvgIpc) is 2.97. The van der Waals surface area contributed by atoms with E-state index in [9.17, 15) is 4.79 Å². The Morgan fingerprint density at radius 1 is 1.19 bits per heavy atom. The Bertz CT molecular complexity index is 744. The molecule has 0 saturated carbocycles. The van der Waals surface area contributed by atoms with E-state index >= 15 is 0 Å². The second-order valence-corrected chi connectivity index (χ2v) is 6.57. The lowest BCUT2D eigenvalue weighted by Gasteiger charge is -2.14. The summed E-state index contributed by atoms with van der Waals surface area (Å²) < 4.78 is 2.54. The second-order valence-electron chi connectivity index (χ2n) is 4.90. The molecule has 0 spiro atoms. The van der Waals surface area contributed by atoms with Crippen LogP contribution in [0.15, 0.2) is 47.5 Å². The maximum atomic E-state index is 12.6. The number of carbonyl (C=O) groups is 1. The molecule has 1 aromatic heterocycles. The highest BCUT2D eigenvalue weighted by Gasteiger charge is 2.33.